The molecule has 2 heterocycles. The topological polar surface area (TPSA) is 29.5 Å². The summed E-state index contributed by atoms with van der Waals surface area (Å²) >= 11 is 0. The van der Waals surface area contributed by atoms with Gasteiger partial charge in [0, 0.05) is 50.1 Å². The highest BCUT2D eigenvalue weighted by atomic mass is 16.3. The first-order valence-electron chi connectivity index (χ1n) is 14.5. The predicted octanol–water partition coefficient (Wildman–Crippen LogP) is 11.8. The van der Waals surface area contributed by atoms with Gasteiger partial charge in [-0.25, -0.2) is 0 Å². The van der Waals surface area contributed by atoms with E-state index >= 15 is 0 Å². The van der Waals surface area contributed by atoms with Crippen LogP contribution < -0.4 is 4.90 Å². The molecule has 0 bridgehead atoms. The van der Waals surface area contributed by atoms with Crippen LogP contribution in [0, 0.1) is 0 Å². The predicted molar refractivity (Wildman–Crippen MR) is 179 cm³/mol. The molecule has 0 amide bonds. The third kappa shape index (κ3) is 3.75. The zero-order chi connectivity index (χ0) is 28.3. The Labute approximate surface area is 247 Å². The number of para-hydroxylation sites is 3. The third-order valence-corrected chi connectivity index (χ3v) is 8.46. The highest BCUT2D eigenvalue weighted by Crippen LogP contribution is 2.42. The van der Waals surface area contributed by atoms with Crippen molar-refractivity contribution >= 4 is 71.7 Å². The maximum absolute atomic E-state index is 6.26. The van der Waals surface area contributed by atoms with E-state index in [9.17, 15) is 0 Å². The molecule has 0 unspecified atom stereocenters. The minimum atomic E-state index is 0.878. The molecule has 0 fully saturated rings. The fourth-order valence-electron chi connectivity index (χ4n) is 6.50. The lowest BCUT2D eigenvalue weighted by atomic mass is 9.94. The number of anilines is 3. The normalized spacial score (nSPS) is 11.7. The first-order valence-corrected chi connectivity index (χ1v) is 14.5. The number of fused-ring (bicyclic) bond motifs is 8. The molecule has 0 spiro atoms. The van der Waals surface area contributed by atoms with Gasteiger partial charge in [-0.15, -0.1) is 0 Å². The number of furan rings is 2. The monoisotopic (exact) mass is 551 g/mol. The zero-order valence-corrected chi connectivity index (χ0v) is 23.2. The van der Waals surface area contributed by atoms with Gasteiger partial charge < -0.3 is 13.7 Å². The molecule has 0 aliphatic carbocycles. The highest BCUT2D eigenvalue weighted by Gasteiger charge is 2.17. The Kier molecular flexibility index (Phi) is 5.20. The molecule has 202 valence electrons. The Balaban J connectivity index is 1.20. The van der Waals surface area contributed by atoms with Gasteiger partial charge >= 0.3 is 0 Å². The molecule has 7 aromatic carbocycles. The summed E-state index contributed by atoms with van der Waals surface area (Å²) in [5.74, 6) is 0. The molecule has 2 aromatic heterocycles. The highest BCUT2D eigenvalue weighted by molar-refractivity contribution is 6.22. The fourth-order valence-corrected chi connectivity index (χ4v) is 6.50. The van der Waals surface area contributed by atoms with Crippen molar-refractivity contribution in [2.24, 2.45) is 0 Å². The van der Waals surface area contributed by atoms with Crippen LogP contribution in [0.2, 0.25) is 0 Å². The van der Waals surface area contributed by atoms with Crippen molar-refractivity contribution in [1.29, 1.82) is 0 Å². The molecule has 0 aliphatic rings. The molecule has 0 radical (unpaired) electrons. The van der Waals surface area contributed by atoms with Crippen LogP contribution in [0.4, 0.5) is 17.1 Å². The van der Waals surface area contributed by atoms with E-state index in [1.54, 1.807) is 0 Å². The second kappa shape index (κ2) is 9.37. The van der Waals surface area contributed by atoms with E-state index in [2.05, 4.69) is 126 Å². The molecule has 0 saturated heterocycles. The van der Waals surface area contributed by atoms with Gasteiger partial charge in [-0.05, 0) is 71.1 Å². The first-order chi connectivity index (χ1) is 21.3. The van der Waals surface area contributed by atoms with E-state index in [-0.39, 0.29) is 0 Å². The van der Waals surface area contributed by atoms with E-state index in [1.807, 2.05) is 30.3 Å². The maximum atomic E-state index is 6.26. The third-order valence-electron chi connectivity index (χ3n) is 8.46. The lowest BCUT2D eigenvalue weighted by molar-refractivity contribution is 0.668. The summed E-state index contributed by atoms with van der Waals surface area (Å²) in [6, 6.07) is 53.1. The van der Waals surface area contributed by atoms with E-state index in [0.717, 1.165) is 66.5 Å². The van der Waals surface area contributed by atoms with E-state index in [0.29, 0.717) is 0 Å². The van der Waals surface area contributed by atoms with Crippen molar-refractivity contribution in [3.05, 3.63) is 152 Å². The Morgan fingerprint density at radius 1 is 0.372 bits per heavy atom. The van der Waals surface area contributed by atoms with Gasteiger partial charge in [0.05, 0.1) is 0 Å². The van der Waals surface area contributed by atoms with Crippen molar-refractivity contribution in [3.63, 3.8) is 0 Å². The molecular weight excluding hydrogens is 526 g/mol. The van der Waals surface area contributed by atoms with Gasteiger partial charge in [-0.1, -0.05) is 91.0 Å². The number of nitrogens with zero attached hydrogens (tertiary/aromatic N) is 1. The number of hydrogen-bond acceptors (Lipinski definition) is 3. The van der Waals surface area contributed by atoms with Gasteiger partial charge in [-0.3, -0.25) is 0 Å². The molecular formula is C40H25NO2. The molecule has 0 saturated carbocycles. The average Bonchev–Trinajstić information content (AvgIpc) is 3.64. The molecule has 43 heavy (non-hydrogen) atoms. The second-order valence-electron chi connectivity index (χ2n) is 10.9. The maximum Gasteiger partial charge on any atom is 0.137 e. The molecule has 0 N–H and O–H groups in total. The van der Waals surface area contributed by atoms with E-state index in [4.69, 9.17) is 8.83 Å². The van der Waals surface area contributed by atoms with Gasteiger partial charge in [0.15, 0.2) is 0 Å². The summed E-state index contributed by atoms with van der Waals surface area (Å²) in [7, 11) is 0. The quantitative estimate of drug-likeness (QED) is 0.218. The molecule has 3 nitrogen and oxygen atoms in total. The van der Waals surface area contributed by atoms with Crippen LogP contribution >= 0.6 is 0 Å². The summed E-state index contributed by atoms with van der Waals surface area (Å²) in [6.45, 7) is 0. The number of rotatable bonds is 4. The van der Waals surface area contributed by atoms with E-state index < -0.39 is 0 Å². The van der Waals surface area contributed by atoms with Crippen molar-refractivity contribution < 1.29 is 8.83 Å². The molecule has 9 rings (SSSR count). The van der Waals surface area contributed by atoms with Gasteiger partial charge in [0.2, 0.25) is 0 Å². The number of hydrogen-bond donors (Lipinski definition) is 0. The Bertz CT molecular complexity index is 2450. The Morgan fingerprint density at radius 3 is 1.86 bits per heavy atom. The minimum absolute atomic E-state index is 0.878. The van der Waals surface area contributed by atoms with Crippen LogP contribution in [0.5, 0.6) is 0 Å². The second-order valence-corrected chi connectivity index (χ2v) is 10.9. The van der Waals surface area contributed by atoms with Gasteiger partial charge in [0.25, 0.3) is 0 Å². The Hall–Kier alpha value is -5.80. The summed E-state index contributed by atoms with van der Waals surface area (Å²) < 4.78 is 12.5. The standard InChI is InChI=1S/C40H25NO2/c1-2-10-28(11-3-1)41(30-22-23-33-32-12-4-6-15-35(32)43-38(33)25-30)29-20-17-26(18-21-29)31-14-8-9-27-19-24-37-40(39(27)31)34-13-5-7-16-36(34)42-37/h1-25H. The fraction of sp³-hybridized carbons (Fsp3) is 0. The minimum Gasteiger partial charge on any atom is -0.456 e. The van der Waals surface area contributed by atoms with Crippen LogP contribution in [-0.4, -0.2) is 0 Å². The molecule has 0 aliphatic heterocycles. The lowest BCUT2D eigenvalue weighted by Gasteiger charge is -2.25. The van der Waals surface area contributed by atoms with Gasteiger partial charge in [-0.2, -0.15) is 0 Å². The van der Waals surface area contributed by atoms with Crippen LogP contribution in [0.3, 0.4) is 0 Å². The largest absolute Gasteiger partial charge is 0.456 e. The summed E-state index contributed by atoms with van der Waals surface area (Å²) in [5, 5.41) is 6.98. The first kappa shape index (κ1) is 23.9. The lowest BCUT2D eigenvalue weighted by Crippen LogP contribution is -2.09. The zero-order valence-electron chi connectivity index (χ0n) is 23.2. The number of benzene rings is 7. The van der Waals surface area contributed by atoms with Crippen LogP contribution in [0.15, 0.2) is 160 Å². The summed E-state index contributed by atoms with van der Waals surface area (Å²) in [6.07, 6.45) is 0. The summed E-state index contributed by atoms with van der Waals surface area (Å²) in [4.78, 5) is 2.28. The van der Waals surface area contributed by atoms with E-state index in [1.165, 1.54) is 16.3 Å². The van der Waals surface area contributed by atoms with Crippen molar-refractivity contribution in [3.8, 4) is 11.1 Å². The van der Waals surface area contributed by atoms with Crippen LogP contribution in [0.25, 0.3) is 65.8 Å². The van der Waals surface area contributed by atoms with Crippen molar-refractivity contribution in [1.82, 2.24) is 0 Å². The van der Waals surface area contributed by atoms with Crippen molar-refractivity contribution in [2.75, 3.05) is 4.90 Å². The van der Waals surface area contributed by atoms with Crippen LogP contribution in [0.1, 0.15) is 0 Å². The average molecular weight is 552 g/mol. The van der Waals surface area contributed by atoms with Crippen LogP contribution in [-0.2, 0) is 0 Å². The molecule has 0 atom stereocenters. The summed E-state index contributed by atoms with van der Waals surface area (Å²) in [5.41, 5.74) is 9.16. The van der Waals surface area contributed by atoms with Crippen molar-refractivity contribution in [2.45, 2.75) is 0 Å². The SMILES string of the molecule is c1ccc(N(c2ccc(-c3cccc4ccc5oc6ccccc6c5c34)cc2)c2ccc3c(c2)oc2ccccc23)cc1. The molecule has 9 aromatic rings. The van der Waals surface area contributed by atoms with Gasteiger partial charge in [0.1, 0.15) is 22.3 Å². The molecule has 3 heteroatoms. The Morgan fingerprint density at radius 2 is 1.02 bits per heavy atom. The smallest absolute Gasteiger partial charge is 0.137 e.